The van der Waals surface area contributed by atoms with E-state index < -0.39 is 16.4 Å². The van der Waals surface area contributed by atoms with E-state index in [4.69, 9.17) is 0 Å². The predicted molar refractivity (Wildman–Crippen MR) is 75.7 cm³/mol. The highest BCUT2D eigenvalue weighted by atomic mass is 79.9. The summed E-state index contributed by atoms with van der Waals surface area (Å²) >= 11 is 3.25. The van der Waals surface area contributed by atoms with E-state index in [1.165, 1.54) is 0 Å². The summed E-state index contributed by atoms with van der Waals surface area (Å²) in [5, 5.41) is 23.1. The molecule has 0 aliphatic heterocycles. The second kappa shape index (κ2) is 5.01. The molecule has 7 nitrogen and oxygen atoms in total. The molecule has 1 aliphatic rings. The zero-order chi connectivity index (χ0) is 15.1. The van der Waals surface area contributed by atoms with Crippen LogP contribution in [0.25, 0.3) is 0 Å². The highest BCUT2D eigenvalue weighted by Gasteiger charge is 2.48. The van der Waals surface area contributed by atoms with Gasteiger partial charge >= 0.3 is 5.97 Å². The van der Waals surface area contributed by atoms with Crippen molar-refractivity contribution in [3.05, 3.63) is 26.3 Å². The van der Waals surface area contributed by atoms with Crippen LogP contribution in [0.4, 0.5) is 11.5 Å². The normalized spacial score (nSPS) is 17.4. The van der Waals surface area contributed by atoms with E-state index in [1.807, 2.05) is 0 Å². The first kappa shape index (κ1) is 14.7. The van der Waals surface area contributed by atoms with Gasteiger partial charge in [-0.25, -0.2) is 9.78 Å². The van der Waals surface area contributed by atoms with Gasteiger partial charge in [-0.05, 0) is 48.5 Å². The first-order valence-corrected chi connectivity index (χ1v) is 6.87. The lowest BCUT2D eigenvalue weighted by Gasteiger charge is -2.27. The van der Waals surface area contributed by atoms with Crippen molar-refractivity contribution in [3.63, 3.8) is 0 Å². The largest absolute Gasteiger partial charge is 0.480 e. The molecule has 1 aromatic heterocycles. The quantitative estimate of drug-likeness (QED) is 0.628. The standard InChI is InChI=1S/C12H14BrN3O4/c1-6-8(16(19)20)5-14-10(9(6)13)15-12(2,11(17)18)7-3-4-7/h5,7H,3-4H2,1-2H3,(H,14,15)(H,17,18). The molecule has 1 atom stereocenters. The molecule has 0 aromatic carbocycles. The molecule has 1 saturated carbocycles. The summed E-state index contributed by atoms with van der Waals surface area (Å²) in [5.41, 5.74) is -0.806. The summed E-state index contributed by atoms with van der Waals surface area (Å²) in [6.07, 6.45) is 2.83. The Morgan fingerprint density at radius 1 is 1.65 bits per heavy atom. The van der Waals surface area contributed by atoms with E-state index in [0.29, 0.717) is 15.9 Å². The minimum Gasteiger partial charge on any atom is -0.480 e. The summed E-state index contributed by atoms with van der Waals surface area (Å²) in [6.45, 7) is 3.20. The number of carboxylic acid groups (broad SMARTS) is 1. The molecule has 0 saturated heterocycles. The van der Waals surface area contributed by atoms with E-state index >= 15 is 0 Å². The second-order valence-electron chi connectivity index (χ2n) is 5.09. The fourth-order valence-corrected chi connectivity index (χ4v) is 2.48. The second-order valence-corrected chi connectivity index (χ2v) is 5.89. The lowest BCUT2D eigenvalue weighted by molar-refractivity contribution is -0.385. The number of nitro groups is 1. The lowest BCUT2D eigenvalue weighted by Crippen LogP contribution is -2.46. The van der Waals surface area contributed by atoms with Crippen molar-refractivity contribution < 1.29 is 14.8 Å². The van der Waals surface area contributed by atoms with Crippen molar-refractivity contribution in [1.82, 2.24) is 4.98 Å². The summed E-state index contributed by atoms with van der Waals surface area (Å²) in [6, 6.07) is 0. The predicted octanol–water partition coefficient (Wildman–Crippen LogP) is 2.73. The van der Waals surface area contributed by atoms with Crippen LogP contribution in [0.5, 0.6) is 0 Å². The Morgan fingerprint density at radius 3 is 2.70 bits per heavy atom. The zero-order valence-electron chi connectivity index (χ0n) is 11.0. The Balaban J connectivity index is 2.37. The third-order valence-corrected chi connectivity index (χ3v) is 4.62. The number of hydrogen-bond donors (Lipinski definition) is 2. The Morgan fingerprint density at radius 2 is 2.25 bits per heavy atom. The van der Waals surface area contributed by atoms with Gasteiger partial charge in [0.1, 0.15) is 17.6 Å². The van der Waals surface area contributed by atoms with Crippen LogP contribution in [0, 0.1) is 23.0 Å². The van der Waals surface area contributed by atoms with Crippen molar-refractivity contribution in [3.8, 4) is 0 Å². The van der Waals surface area contributed by atoms with Crippen LogP contribution in [0.15, 0.2) is 10.7 Å². The first-order valence-electron chi connectivity index (χ1n) is 6.08. The fourth-order valence-electron chi connectivity index (χ4n) is 2.08. The molecule has 1 fully saturated rings. The van der Waals surface area contributed by atoms with Gasteiger partial charge in [0.2, 0.25) is 0 Å². The van der Waals surface area contributed by atoms with Crippen molar-refractivity contribution in [2.45, 2.75) is 32.2 Å². The molecule has 0 amide bonds. The van der Waals surface area contributed by atoms with Crippen LogP contribution in [0.3, 0.4) is 0 Å². The van der Waals surface area contributed by atoms with Gasteiger partial charge in [0.15, 0.2) is 0 Å². The third-order valence-electron chi connectivity index (χ3n) is 3.65. The number of pyridine rings is 1. The SMILES string of the molecule is Cc1c([N+](=O)[O-])cnc(NC(C)(C(=O)O)C2CC2)c1Br. The number of nitrogens with zero attached hydrogens (tertiary/aromatic N) is 2. The molecule has 2 N–H and O–H groups in total. The van der Waals surface area contributed by atoms with Gasteiger partial charge in [0.25, 0.3) is 5.69 Å². The number of carbonyl (C=O) groups is 1. The number of carboxylic acids is 1. The van der Waals surface area contributed by atoms with Gasteiger partial charge in [-0.15, -0.1) is 0 Å². The summed E-state index contributed by atoms with van der Waals surface area (Å²) < 4.78 is 0.417. The summed E-state index contributed by atoms with van der Waals surface area (Å²) in [7, 11) is 0. The third kappa shape index (κ3) is 2.47. The molecule has 0 radical (unpaired) electrons. The van der Waals surface area contributed by atoms with E-state index in [-0.39, 0.29) is 11.6 Å². The van der Waals surface area contributed by atoms with Gasteiger partial charge in [0.05, 0.1) is 9.40 Å². The van der Waals surface area contributed by atoms with Crippen LogP contribution in [0.1, 0.15) is 25.3 Å². The smallest absolute Gasteiger partial charge is 0.329 e. The fraction of sp³-hybridized carbons (Fsp3) is 0.500. The molecular formula is C12H14BrN3O4. The molecule has 0 bridgehead atoms. The first-order chi connectivity index (χ1) is 9.27. The minimum atomic E-state index is -1.11. The Labute approximate surface area is 123 Å². The molecule has 2 rings (SSSR count). The Bertz CT molecular complexity index is 588. The van der Waals surface area contributed by atoms with Gasteiger partial charge < -0.3 is 10.4 Å². The van der Waals surface area contributed by atoms with Gasteiger partial charge in [-0.1, -0.05) is 0 Å². The number of hydrogen-bond acceptors (Lipinski definition) is 5. The van der Waals surface area contributed by atoms with E-state index in [9.17, 15) is 20.0 Å². The summed E-state index contributed by atoms with van der Waals surface area (Å²) in [5.74, 6) is -0.598. The minimum absolute atomic E-state index is 0.0456. The van der Waals surface area contributed by atoms with Crippen LogP contribution < -0.4 is 5.32 Å². The molecule has 8 heteroatoms. The number of nitrogens with one attached hydrogen (secondary N) is 1. The zero-order valence-corrected chi connectivity index (χ0v) is 12.6. The maximum Gasteiger partial charge on any atom is 0.329 e. The molecule has 20 heavy (non-hydrogen) atoms. The molecule has 1 unspecified atom stereocenters. The molecule has 1 aliphatic carbocycles. The van der Waals surface area contributed by atoms with Crippen molar-refractivity contribution in [2.24, 2.45) is 5.92 Å². The van der Waals surface area contributed by atoms with E-state index in [1.54, 1.807) is 13.8 Å². The molecule has 0 spiro atoms. The lowest BCUT2D eigenvalue weighted by atomic mass is 9.96. The van der Waals surface area contributed by atoms with Crippen molar-refractivity contribution in [2.75, 3.05) is 5.32 Å². The van der Waals surface area contributed by atoms with Crippen LogP contribution in [0.2, 0.25) is 0 Å². The number of rotatable bonds is 5. The Hall–Kier alpha value is -1.70. The number of anilines is 1. The molecule has 1 heterocycles. The molecular weight excluding hydrogens is 330 g/mol. The van der Waals surface area contributed by atoms with Crippen molar-refractivity contribution >= 4 is 33.4 Å². The number of halogens is 1. The van der Waals surface area contributed by atoms with E-state index in [0.717, 1.165) is 19.0 Å². The van der Waals surface area contributed by atoms with Gasteiger partial charge in [-0.3, -0.25) is 10.1 Å². The Kier molecular flexibility index (Phi) is 3.68. The number of aliphatic carboxylic acids is 1. The van der Waals surface area contributed by atoms with Crippen LogP contribution in [-0.4, -0.2) is 26.5 Å². The maximum atomic E-state index is 11.5. The monoisotopic (exact) mass is 343 g/mol. The number of aromatic nitrogens is 1. The van der Waals surface area contributed by atoms with Crippen LogP contribution >= 0.6 is 15.9 Å². The summed E-state index contributed by atoms with van der Waals surface area (Å²) in [4.78, 5) is 25.7. The average Bonchev–Trinajstić information content (AvgIpc) is 3.18. The van der Waals surface area contributed by atoms with E-state index in [2.05, 4.69) is 26.2 Å². The molecule has 108 valence electrons. The van der Waals surface area contributed by atoms with Crippen LogP contribution in [-0.2, 0) is 4.79 Å². The average molecular weight is 344 g/mol. The van der Waals surface area contributed by atoms with Gasteiger partial charge in [-0.2, -0.15) is 0 Å². The highest BCUT2D eigenvalue weighted by molar-refractivity contribution is 9.10. The molecule has 1 aromatic rings. The maximum absolute atomic E-state index is 11.5. The topological polar surface area (TPSA) is 105 Å². The highest BCUT2D eigenvalue weighted by Crippen LogP contribution is 2.43. The van der Waals surface area contributed by atoms with Crippen molar-refractivity contribution in [1.29, 1.82) is 0 Å². The van der Waals surface area contributed by atoms with Gasteiger partial charge in [0, 0.05) is 5.56 Å².